The minimum atomic E-state index is -3.91. The van der Waals surface area contributed by atoms with Crippen molar-refractivity contribution in [3.8, 4) is 11.1 Å². The average molecular weight is 423 g/mol. The second kappa shape index (κ2) is 8.71. The number of hydrogen-bond donors (Lipinski definition) is 2. The third-order valence-electron chi connectivity index (χ3n) is 4.27. The molecule has 0 aliphatic rings. The lowest BCUT2D eigenvalue weighted by Gasteiger charge is -2.10. The molecule has 30 heavy (non-hydrogen) atoms. The van der Waals surface area contributed by atoms with E-state index in [2.05, 4.69) is 4.72 Å². The summed E-state index contributed by atoms with van der Waals surface area (Å²) in [5, 5.41) is 8.61. The van der Waals surface area contributed by atoms with Gasteiger partial charge in [0, 0.05) is 11.3 Å². The fraction of sp³-hybridized carbons (Fsp3) is 0.0455. The maximum absolute atomic E-state index is 12.7. The first-order chi connectivity index (χ1) is 14.3. The van der Waals surface area contributed by atoms with Gasteiger partial charge in [-0.05, 0) is 35.4 Å². The minimum absolute atomic E-state index is 0.0317. The van der Waals surface area contributed by atoms with Gasteiger partial charge in [0.2, 0.25) is 5.78 Å². The van der Waals surface area contributed by atoms with Crippen LogP contribution < -0.4 is 4.72 Å². The zero-order valence-corrected chi connectivity index (χ0v) is 16.4. The average Bonchev–Trinajstić information content (AvgIpc) is 2.74. The predicted octanol–water partition coefficient (Wildman–Crippen LogP) is 3.38. The molecule has 2 N–H and O–H groups in total. The van der Waals surface area contributed by atoms with Gasteiger partial charge in [-0.3, -0.25) is 14.3 Å². The first-order valence-electron chi connectivity index (χ1n) is 8.84. The molecule has 0 saturated carbocycles. The van der Waals surface area contributed by atoms with Crippen LogP contribution in [0.4, 0.5) is 5.69 Å². The number of sulfonamides is 1. The lowest BCUT2D eigenvalue weighted by Crippen LogP contribution is -2.17. The second-order valence-corrected chi connectivity index (χ2v) is 8.09. The predicted molar refractivity (Wildman–Crippen MR) is 111 cm³/mol. The number of benzene rings is 3. The van der Waals surface area contributed by atoms with Gasteiger partial charge in [0.05, 0.1) is 11.3 Å². The SMILES string of the molecule is O=C(O)C(=O)CC(=O)c1cccc(NS(=O)(=O)c2ccc(-c3ccccc3)cc2)c1. The van der Waals surface area contributed by atoms with Crippen LogP contribution in [0.3, 0.4) is 0 Å². The Kier molecular flexibility index (Phi) is 6.08. The Morgan fingerprint density at radius 1 is 0.800 bits per heavy atom. The molecule has 0 saturated heterocycles. The largest absolute Gasteiger partial charge is 0.475 e. The molecule has 0 spiro atoms. The minimum Gasteiger partial charge on any atom is -0.475 e. The first kappa shape index (κ1) is 20.9. The third-order valence-corrected chi connectivity index (χ3v) is 5.67. The van der Waals surface area contributed by atoms with E-state index in [1.54, 1.807) is 12.1 Å². The summed E-state index contributed by atoms with van der Waals surface area (Å²) >= 11 is 0. The fourth-order valence-corrected chi connectivity index (χ4v) is 3.80. The van der Waals surface area contributed by atoms with Crippen LogP contribution in [-0.4, -0.2) is 31.1 Å². The number of carbonyl (C=O) groups excluding carboxylic acids is 2. The Morgan fingerprint density at radius 2 is 1.43 bits per heavy atom. The number of ketones is 2. The highest BCUT2D eigenvalue weighted by Crippen LogP contribution is 2.23. The molecule has 0 unspecified atom stereocenters. The van der Waals surface area contributed by atoms with Gasteiger partial charge >= 0.3 is 5.97 Å². The van der Waals surface area contributed by atoms with Crippen LogP contribution >= 0.6 is 0 Å². The number of Topliss-reactive ketones (excluding diaryl/α,β-unsaturated/α-hetero) is 2. The van der Waals surface area contributed by atoms with Crippen LogP contribution in [0.1, 0.15) is 16.8 Å². The molecule has 0 aliphatic heterocycles. The van der Waals surface area contributed by atoms with Crippen LogP contribution in [-0.2, 0) is 19.6 Å². The van der Waals surface area contributed by atoms with Gasteiger partial charge in [-0.25, -0.2) is 13.2 Å². The molecule has 0 atom stereocenters. The fourth-order valence-electron chi connectivity index (χ4n) is 2.75. The number of carboxylic acid groups (broad SMARTS) is 1. The lowest BCUT2D eigenvalue weighted by atomic mass is 10.1. The Morgan fingerprint density at radius 3 is 2.07 bits per heavy atom. The molecule has 0 aromatic heterocycles. The van der Waals surface area contributed by atoms with Crippen molar-refractivity contribution in [2.24, 2.45) is 0 Å². The van der Waals surface area contributed by atoms with E-state index >= 15 is 0 Å². The smallest absolute Gasteiger partial charge is 0.372 e. The molecule has 152 valence electrons. The summed E-state index contributed by atoms with van der Waals surface area (Å²) in [5.41, 5.74) is 1.97. The summed E-state index contributed by atoms with van der Waals surface area (Å²) in [7, 11) is -3.91. The van der Waals surface area contributed by atoms with E-state index in [9.17, 15) is 22.8 Å². The van der Waals surface area contributed by atoms with E-state index in [0.29, 0.717) is 0 Å². The molecular formula is C22H17NO6S. The van der Waals surface area contributed by atoms with Crippen LogP contribution in [0, 0.1) is 0 Å². The van der Waals surface area contributed by atoms with Crippen LogP contribution in [0.2, 0.25) is 0 Å². The molecule has 8 heteroatoms. The number of rotatable bonds is 8. The maximum atomic E-state index is 12.7. The molecular weight excluding hydrogens is 406 g/mol. The summed E-state index contributed by atoms with van der Waals surface area (Å²) < 4.78 is 27.7. The van der Waals surface area contributed by atoms with E-state index in [1.807, 2.05) is 30.3 Å². The van der Waals surface area contributed by atoms with Gasteiger partial charge in [-0.2, -0.15) is 0 Å². The van der Waals surface area contributed by atoms with Crippen molar-refractivity contribution in [1.82, 2.24) is 0 Å². The Balaban J connectivity index is 1.78. The van der Waals surface area contributed by atoms with Gasteiger partial charge in [-0.1, -0.05) is 54.6 Å². The normalized spacial score (nSPS) is 10.9. The third kappa shape index (κ3) is 4.98. The van der Waals surface area contributed by atoms with Crippen molar-refractivity contribution in [3.05, 3.63) is 84.4 Å². The van der Waals surface area contributed by atoms with Crippen molar-refractivity contribution in [3.63, 3.8) is 0 Å². The summed E-state index contributed by atoms with van der Waals surface area (Å²) in [6.07, 6.45) is -0.799. The van der Waals surface area contributed by atoms with Crippen LogP contribution in [0.15, 0.2) is 83.8 Å². The number of carboxylic acids is 1. The van der Waals surface area contributed by atoms with Crippen LogP contribution in [0.25, 0.3) is 11.1 Å². The van der Waals surface area contributed by atoms with Crippen molar-refractivity contribution < 1.29 is 27.9 Å². The van der Waals surface area contributed by atoms with Crippen LogP contribution in [0.5, 0.6) is 0 Å². The van der Waals surface area contributed by atoms with Gasteiger partial charge < -0.3 is 5.11 Å². The molecule has 3 rings (SSSR count). The molecule has 0 bridgehead atoms. The highest BCUT2D eigenvalue weighted by molar-refractivity contribution is 7.92. The van der Waals surface area contributed by atoms with Gasteiger partial charge in [0.15, 0.2) is 5.78 Å². The number of hydrogen-bond acceptors (Lipinski definition) is 5. The number of aliphatic carboxylic acids is 1. The zero-order chi connectivity index (χ0) is 21.7. The van der Waals surface area contributed by atoms with E-state index in [-0.39, 0.29) is 16.1 Å². The zero-order valence-electron chi connectivity index (χ0n) is 15.6. The van der Waals surface area contributed by atoms with Crippen molar-refractivity contribution >= 4 is 33.2 Å². The monoisotopic (exact) mass is 423 g/mol. The number of carbonyl (C=O) groups is 3. The van der Waals surface area contributed by atoms with E-state index in [1.165, 1.54) is 36.4 Å². The Bertz CT molecular complexity index is 1200. The number of nitrogens with one attached hydrogen (secondary N) is 1. The summed E-state index contributed by atoms with van der Waals surface area (Å²) in [5.74, 6) is -3.64. The Labute approximate surface area is 173 Å². The van der Waals surface area contributed by atoms with E-state index < -0.39 is 34.0 Å². The molecule has 3 aromatic rings. The van der Waals surface area contributed by atoms with E-state index in [4.69, 9.17) is 5.11 Å². The highest BCUT2D eigenvalue weighted by atomic mass is 32.2. The molecule has 3 aromatic carbocycles. The number of anilines is 1. The van der Waals surface area contributed by atoms with Crippen molar-refractivity contribution in [2.75, 3.05) is 4.72 Å². The summed E-state index contributed by atoms with van der Waals surface area (Å²) in [4.78, 5) is 33.9. The first-order valence-corrected chi connectivity index (χ1v) is 10.3. The molecule has 0 radical (unpaired) electrons. The summed E-state index contributed by atoms with van der Waals surface area (Å²) in [6, 6.07) is 21.4. The molecule has 0 aliphatic carbocycles. The van der Waals surface area contributed by atoms with E-state index in [0.717, 1.165) is 11.1 Å². The molecule has 7 nitrogen and oxygen atoms in total. The van der Waals surface area contributed by atoms with Gasteiger partial charge in [0.25, 0.3) is 10.0 Å². The summed E-state index contributed by atoms with van der Waals surface area (Å²) in [6.45, 7) is 0. The van der Waals surface area contributed by atoms with Crippen molar-refractivity contribution in [1.29, 1.82) is 0 Å². The second-order valence-electron chi connectivity index (χ2n) is 6.40. The molecule has 0 fully saturated rings. The molecule has 0 heterocycles. The Hall–Kier alpha value is -3.78. The van der Waals surface area contributed by atoms with Gasteiger partial charge in [0.1, 0.15) is 0 Å². The lowest BCUT2D eigenvalue weighted by molar-refractivity contribution is -0.148. The standard InChI is InChI=1S/C22H17NO6S/c24-20(14-21(25)22(26)27)17-7-4-8-18(13-17)23-30(28,29)19-11-9-16(10-12-19)15-5-2-1-3-6-15/h1-13,23H,14H2,(H,26,27). The topological polar surface area (TPSA) is 118 Å². The molecule has 0 amide bonds. The van der Waals surface area contributed by atoms with Gasteiger partial charge in [-0.15, -0.1) is 0 Å². The van der Waals surface area contributed by atoms with Crippen molar-refractivity contribution in [2.45, 2.75) is 11.3 Å². The maximum Gasteiger partial charge on any atom is 0.372 e. The quantitative estimate of drug-likeness (QED) is 0.326. The highest BCUT2D eigenvalue weighted by Gasteiger charge is 2.19.